The molecule has 1 aliphatic heterocycles. The van der Waals surface area contributed by atoms with E-state index in [1.165, 1.54) is 12.4 Å². The Morgan fingerprint density at radius 2 is 1.94 bits per heavy atom. The predicted octanol–water partition coefficient (Wildman–Crippen LogP) is 3.42. The summed E-state index contributed by atoms with van der Waals surface area (Å²) in [4.78, 5) is 23.3. The first-order chi connectivity index (χ1) is 16.4. The quantitative estimate of drug-likeness (QED) is 0.382. The summed E-state index contributed by atoms with van der Waals surface area (Å²) in [6, 6.07) is 5.00. The number of alkyl halides is 3. The summed E-state index contributed by atoms with van der Waals surface area (Å²) < 4.78 is 66.6. The molecule has 14 heteroatoms. The zero-order chi connectivity index (χ0) is 25.4. The highest BCUT2D eigenvalue weighted by Gasteiger charge is 2.35. The van der Waals surface area contributed by atoms with Crippen LogP contribution in [0, 0.1) is 6.92 Å². The Kier molecular flexibility index (Phi) is 6.23. The fourth-order valence-electron chi connectivity index (χ4n) is 3.49. The van der Waals surface area contributed by atoms with Crippen LogP contribution in [0.5, 0.6) is 0 Å². The van der Waals surface area contributed by atoms with Gasteiger partial charge >= 0.3 is 6.18 Å². The number of carbonyl (C=O) groups excluding carboxylic acids is 1. The normalized spacial score (nSPS) is 13.2. The van der Waals surface area contributed by atoms with Gasteiger partial charge in [-0.05, 0) is 36.2 Å². The van der Waals surface area contributed by atoms with E-state index >= 15 is 0 Å². The van der Waals surface area contributed by atoms with Crippen LogP contribution < -0.4 is 20.7 Å². The highest BCUT2D eigenvalue weighted by atomic mass is 32.2. The maximum atomic E-state index is 13.6. The van der Waals surface area contributed by atoms with E-state index < -0.39 is 27.6 Å². The monoisotopic (exact) mass is 507 g/mol. The first kappa shape index (κ1) is 24.2. The van der Waals surface area contributed by atoms with Gasteiger partial charge in [-0.25, -0.2) is 13.4 Å². The first-order valence-electron chi connectivity index (χ1n) is 10.2. The number of fused-ring (bicyclic) bond motifs is 1. The van der Waals surface area contributed by atoms with Gasteiger partial charge < -0.3 is 16.0 Å². The van der Waals surface area contributed by atoms with Gasteiger partial charge in [0, 0.05) is 42.1 Å². The summed E-state index contributed by atoms with van der Waals surface area (Å²) >= 11 is 0. The Morgan fingerprint density at radius 3 is 2.66 bits per heavy atom. The number of benzene rings is 1. The third kappa shape index (κ3) is 5.77. The van der Waals surface area contributed by atoms with Crippen molar-refractivity contribution < 1.29 is 26.4 Å². The van der Waals surface area contributed by atoms with Crippen LogP contribution in [0.15, 0.2) is 36.8 Å². The molecule has 1 aliphatic rings. The number of anilines is 5. The lowest BCUT2D eigenvalue weighted by atomic mass is 10.1. The molecule has 0 saturated heterocycles. The van der Waals surface area contributed by atoms with Crippen molar-refractivity contribution in [2.45, 2.75) is 26.1 Å². The van der Waals surface area contributed by atoms with Crippen molar-refractivity contribution in [2.24, 2.45) is 0 Å². The third-order valence-electron chi connectivity index (χ3n) is 5.03. The highest BCUT2D eigenvalue weighted by molar-refractivity contribution is 7.92. The summed E-state index contributed by atoms with van der Waals surface area (Å²) in [6.45, 7) is 1.43. The lowest BCUT2D eigenvalue weighted by Crippen LogP contribution is -2.17. The molecule has 3 heterocycles. The highest BCUT2D eigenvalue weighted by Crippen LogP contribution is 2.35. The second kappa shape index (κ2) is 9.02. The summed E-state index contributed by atoms with van der Waals surface area (Å²) in [5.41, 5.74) is 1.85. The molecule has 35 heavy (non-hydrogen) atoms. The van der Waals surface area contributed by atoms with Crippen LogP contribution >= 0.6 is 0 Å². The predicted molar refractivity (Wildman–Crippen MR) is 124 cm³/mol. The van der Waals surface area contributed by atoms with E-state index in [1.54, 1.807) is 25.1 Å². The standard InChI is InChI=1S/C21H20F3N7O3S/c1-11-7-25-8-13(18(11)31-35(2,33)34)9-26-19-15(21(22,23)24)10-27-20(30-19)28-14-3-4-16-12(5-14)6-17(32)29-16/h3-5,7-8,10H,6,9H2,1-2H3,(H,25,31)(H,29,32)(H2,26,27,28,30). The number of carbonyl (C=O) groups is 1. The van der Waals surface area contributed by atoms with E-state index in [-0.39, 0.29) is 30.5 Å². The van der Waals surface area contributed by atoms with Crippen LogP contribution in [-0.4, -0.2) is 35.5 Å². The second-order valence-corrected chi connectivity index (χ2v) is 9.64. The van der Waals surface area contributed by atoms with E-state index in [1.807, 2.05) is 0 Å². The minimum absolute atomic E-state index is 0.102. The number of amides is 1. The van der Waals surface area contributed by atoms with E-state index in [9.17, 15) is 26.4 Å². The molecule has 1 amide bonds. The molecule has 0 aliphatic carbocycles. The molecule has 3 aromatic rings. The van der Waals surface area contributed by atoms with Gasteiger partial charge in [-0.2, -0.15) is 18.2 Å². The Morgan fingerprint density at radius 1 is 1.17 bits per heavy atom. The number of rotatable bonds is 7. The summed E-state index contributed by atoms with van der Waals surface area (Å²) in [5, 5.41) is 8.16. The molecule has 0 fully saturated rings. The van der Waals surface area contributed by atoms with Crippen LogP contribution in [-0.2, 0) is 34.0 Å². The number of hydrogen-bond acceptors (Lipinski definition) is 8. The Balaban J connectivity index is 1.61. The van der Waals surface area contributed by atoms with Gasteiger partial charge in [0.2, 0.25) is 21.9 Å². The van der Waals surface area contributed by atoms with Gasteiger partial charge in [0.25, 0.3) is 0 Å². The van der Waals surface area contributed by atoms with Crippen LogP contribution in [0.4, 0.5) is 42.0 Å². The number of aryl methyl sites for hydroxylation is 1. The zero-order valence-corrected chi connectivity index (χ0v) is 19.3. The van der Waals surface area contributed by atoms with Gasteiger partial charge in [-0.1, -0.05) is 0 Å². The van der Waals surface area contributed by atoms with Crippen molar-refractivity contribution in [2.75, 3.05) is 26.9 Å². The van der Waals surface area contributed by atoms with Crippen LogP contribution in [0.2, 0.25) is 0 Å². The van der Waals surface area contributed by atoms with E-state index in [0.717, 1.165) is 11.8 Å². The number of pyridine rings is 1. The molecule has 4 N–H and O–H groups in total. The molecular formula is C21H20F3N7O3S. The number of hydrogen-bond donors (Lipinski definition) is 4. The Bertz CT molecular complexity index is 1410. The molecule has 0 atom stereocenters. The second-order valence-electron chi connectivity index (χ2n) is 7.89. The smallest absolute Gasteiger partial charge is 0.365 e. The SMILES string of the molecule is Cc1cncc(CNc2nc(Nc3ccc4c(c3)CC(=O)N4)ncc2C(F)(F)F)c1NS(C)(=O)=O. The molecule has 184 valence electrons. The lowest BCUT2D eigenvalue weighted by molar-refractivity contribution is -0.137. The summed E-state index contributed by atoms with van der Waals surface area (Å²) in [5.74, 6) is -0.751. The molecule has 1 aromatic carbocycles. The number of nitrogens with one attached hydrogen (secondary N) is 4. The molecule has 0 bridgehead atoms. The van der Waals surface area contributed by atoms with Crippen LogP contribution in [0.1, 0.15) is 22.3 Å². The number of nitrogens with zero attached hydrogens (tertiary/aromatic N) is 3. The van der Waals surface area contributed by atoms with Crippen molar-refractivity contribution in [1.29, 1.82) is 0 Å². The minimum atomic E-state index is -4.74. The largest absolute Gasteiger partial charge is 0.421 e. The maximum absolute atomic E-state index is 13.6. The van der Waals surface area contributed by atoms with Crippen molar-refractivity contribution in [3.05, 3.63) is 59.0 Å². The molecule has 10 nitrogen and oxygen atoms in total. The van der Waals surface area contributed by atoms with Crippen molar-refractivity contribution in [3.63, 3.8) is 0 Å². The Labute approximate surface area is 198 Å². The number of halogens is 3. The minimum Gasteiger partial charge on any atom is -0.365 e. The van der Waals surface area contributed by atoms with Gasteiger partial charge in [0.1, 0.15) is 11.4 Å². The van der Waals surface area contributed by atoms with Gasteiger partial charge in [-0.15, -0.1) is 0 Å². The van der Waals surface area contributed by atoms with Crippen molar-refractivity contribution in [1.82, 2.24) is 15.0 Å². The molecule has 0 radical (unpaired) electrons. The topological polar surface area (TPSA) is 138 Å². The van der Waals surface area contributed by atoms with Gasteiger partial charge in [0.15, 0.2) is 0 Å². The van der Waals surface area contributed by atoms with E-state index in [4.69, 9.17) is 0 Å². The molecule has 0 unspecified atom stereocenters. The molecular weight excluding hydrogens is 487 g/mol. The Hall–Kier alpha value is -3.94. The summed E-state index contributed by atoms with van der Waals surface area (Å²) in [7, 11) is -3.63. The van der Waals surface area contributed by atoms with Crippen molar-refractivity contribution in [3.8, 4) is 0 Å². The molecule has 0 saturated carbocycles. The fourth-order valence-corrected chi connectivity index (χ4v) is 4.15. The molecule has 0 spiro atoms. The zero-order valence-electron chi connectivity index (χ0n) is 18.5. The van der Waals surface area contributed by atoms with E-state index in [0.29, 0.717) is 28.7 Å². The average molecular weight is 507 g/mol. The van der Waals surface area contributed by atoms with Crippen molar-refractivity contribution >= 4 is 44.8 Å². The lowest BCUT2D eigenvalue weighted by Gasteiger charge is -2.17. The first-order valence-corrected chi connectivity index (χ1v) is 12.1. The fraction of sp³-hybridized carbons (Fsp3) is 0.238. The number of aromatic nitrogens is 3. The summed E-state index contributed by atoms with van der Waals surface area (Å²) in [6.07, 6.45) is -0.135. The average Bonchev–Trinajstić information content (AvgIpc) is 3.12. The van der Waals surface area contributed by atoms with Crippen LogP contribution in [0.3, 0.4) is 0 Å². The molecule has 2 aromatic heterocycles. The van der Waals surface area contributed by atoms with E-state index in [2.05, 4.69) is 35.6 Å². The number of sulfonamides is 1. The third-order valence-corrected chi connectivity index (χ3v) is 5.60. The van der Waals surface area contributed by atoms with Gasteiger partial charge in [0.05, 0.1) is 18.4 Å². The van der Waals surface area contributed by atoms with Crippen LogP contribution in [0.25, 0.3) is 0 Å². The maximum Gasteiger partial charge on any atom is 0.421 e. The van der Waals surface area contributed by atoms with Gasteiger partial charge in [-0.3, -0.25) is 14.5 Å². The molecule has 4 rings (SSSR count).